The zero-order valence-electron chi connectivity index (χ0n) is 19.0. The van der Waals surface area contributed by atoms with Crippen LogP contribution in [-0.4, -0.2) is 24.7 Å². The predicted octanol–water partition coefficient (Wildman–Crippen LogP) is 5.18. The average Bonchev–Trinajstić information content (AvgIpc) is 2.66. The van der Waals surface area contributed by atoms with Gasteiger partial charge in [-0.05, 0) is 56.0 Å². The van der Waals surface area contributed by atoms with E-state index in [1.54, 1.807) is 14.0 Å². The van der Waals surface area contributed by atoms with Crippen LogP contribution in [0.3, 0.4) is 0 Å². The molecule has 3 rings (SSSR count). The molecule has 162 valence electrons. The molecule has 1 aliphatic rings. The van der Waals surface area contributed by atoms with E-state index in [0.29, 0.717) is 12.2 Å². The largest absolute Gasteiger partial charge is 0.497 e. The van der Waals surface area contributed by atoms with Gasteiger partial charge >= 0.3 is 0 Å². The van der Waals surface area contributed by atoms with Crippen LogP contribution in [0.5, 0.6) is 17.2 Å². The molecule has 1 aliphatic heterocycles. The molecule has 0 fully saturated rings. The van der Waals surface area contributed by atoms with Gasteiger partial charge < -0.3 is 19.5 Å². The summed E-state index contributed by atoms with van der Waals surface area (Å²) in [6.45, 7) is 12.3. The van der Waals surface area contributed by atoms with Gasteiger partial charge in [0, 0.05) is 18.1 Å². The van der Waals surface area contributed by atoms with Gasteiger partial charge in [0.25, 0.3) is 5.91 Å². The summed E-state index contributed by atoms with van der Waals surface area (Å²) in [5, 5.41) is 3.14. The molecule has 0 unspecified atom stereocenters. The number of amides is 1. The van der Waals surface area contributed by atoms with Gasteiger partial charge in [0.05, 0.1) is 13.2 Å². The van der Waals surface area contributed by atoms with E-state index in [0.717, 1.165) is 17.1 Å². The molecule has 1 heterocycles. The van der Waals surface area contributed by atoms with Gasteiger partial charge in [-0.15, -0.1) is 0 Å². The Morgan fingerprint density at radius 1 is 1.13 bits per heavy atom. The number of hydrogen-bond donors (Lipinski definition) is 1. The molecule has 5 heteroatoms. The number of hydrogen-bond acceptors (Lipinski definition) is 4. The molecular weight excluding hydrogens is 378 g/mol. The van der Waals surface area contributed by atoms with Gasteiger partial charge in [-0.3, -0.25) is 4.79 Å². The Labute approximate surface area is 179 Å². The van der Waals surface area contributed by atoms with Crippen molar-refractivity contribution in [2.24, 2.45) is 0 Å². The lowest BCUT2D eigenvalue weighted by atomic mass is 9.87. The fourth-order valence-corrected chi connectivity index (χ4v) is 3.67. The lowest BCUT2D eigenvalue weighted by Gasteiger charge is -2.38. The zero-order valence-corrected chi connectivity index (χ0v) is 19.0. The molecule has 0 aromatic heterocycles. The standard InChI is InChI=1S/C25H33NO4/c1-16(29-18-10-8-17(9-11-18)24(2,3)4)23(27)26-21-15-25(5,6)30-22-14-19(28-7)12-13-20(21)22/h8-14,16,21H,15H2,1-7H3,(H,26,27)/t16-,21-/m0/s1. The van der Waals surface area contributed by atoms with Crippen LogP contribution in [0.2, 0.25) is 0 Å². The number of rotatable bonds is 5. The number of ether oxygens (including phenoxy) is 3. The van der Waals surface area contributed by atoms with E-state index in [2.05, 4.69) is 26.1 Å². The number of benzene rings is 2. The van der Waals surface area contributed by atoms with E-state index in [1.807, 2.05) is 56.3 Å². The first kappa shape index (κ1) is 22.0. The van der Waals surface area contributed by atoms with Gasteiger partial charge in [0.1, 0.15) is 22.8 Å². The molecule has 0 radical (unpaired) electrons. The van der Waals surface area contributed by atoms with Crippen LogP contribution in [0.15, 0.2) is 42.5 Å². The fourth-order valence-electron chi connectivity index (χ4n) is 3.67. The van der Waals surface area contributed by atoms with Crippen LogP contribution in [0.1, 0.15) is 65.1 Å². The molecule has 2 aromatic rings. The first-order valence-electron chi connectivity index (χ1n) is 10.4. The van der Waals surface area contributed by atoms with Crippen molar-refractivity contribution >= 4 is 5.91 Å². The topological polar surface area (TPSA) is 56.8 Å². The van der Waals surface area contributed by atoms with Gasteiger partial charge in [-0.1, -0.05) is 32.9 Å². The average molecular weight is 412 g/mol. The first-order chi connectivity index (χ1) is 14.0. The summed E-state index contributed by atoms with van der Waals surface area (Å²) < 4.78 is 17.3. The summed E-state index contributed by atoms with van der Waals surface area (Å²) in [5.41, 5.74) is 1.85. The Bertz CT molecular complexity index is 896. The summed E-state index contributed by atoms with van der Waals surface area (Å²) in [6, 6.07) is 13.5. The summed E-state index contributed by atoms with van der Waals surface area (Å²) in [6.07, 6.45) is 0.0589. The van der Waals surface area contributed by atoms with Gasteiger partial charge in [0.2, 0.25) is 0 Å². The summed E-state index contributed by atoms with van der Waals surface area (Å²) in [5.74, 6) is 2.00. The summed E-state index contributed by atoms with van der Waals surface area (Å²) >= 11 is 0. The predicted molar refractivity (Wildman–Crippen MR) is 118 cm³/mol. The molecule has 5 nitrogen and oxygen atoms in total. The molecule has 0 saturated carbocycles. The van der Waals surface area contributed by atoms with Crippen LogP contribution in [0.4, 0.5) is 0 Å². The molecule has 30 heavy (non-hydrogen) atoms. The Morgan fingerprint density at radius 2 is 1.77 bits per heavy atom. The van der Waals surface area contributed by atoms with Crippen molar-refractivity contribution in [2.45, 2.75) is 71.1 Å². The summed E-state index contributed by atoms with van der Waals surface area (Å²) in [7, 11) is 1.63. The highest BCUT2D eigenvalue weighted by atomic mass is 16.5. The summed E-state index contributed by atoms with van der Waals surface area (Å²) in [4.78, 5) is 12.9. The van der Waals surface area contributed by atoms with Gasteiger partial charge in [-0.2, -0.15) is 0 Å². The second kappa shape index (κ2) is 8.21. The van der Waals surface area contributed by atoms with Crippen molar-refractivity contribution < 1.29 is 19.0 Å². The number of methoxy groups -OCH3 is 1. The van der Waals surface area contributed by atoms with E-state index in [9.17, 15) is 4.79 Å². The maximum atomic E-state index is 12.9. The Morgan fingerprint density at radius 3 is 2.37 bits per heavy atom. The van der Waals surface area contributed by atoms with Crippen LogP contribution < -0.4 is 19.5 Å². The molecule has 0 aliphatic carbocycles. The maximum Gasteiger partial charge on any atom is 0.261 e. The van der Waals surface area contributed by atoms with Crippen LogP contribution in [0, 0.1) is 0 Å². The van der Waals surface area contributed by atoms with E-state index in [-0.39, 0.29) is 17.4 Å². The third-order valence-electron chi connectivity index (χ3n) is 5.40. The van der Waals surface area contributed by atoms with Crippen molar-refractivity contribution in [3.8, 4) is 17.2 Å². The second-order valence-corrected chi connectivity index (χ2v) is 9.57. The minimum Gasteiger partial charge on any atom is -0.497 e. The molecule has 0 spiro atoms. The third-order valence-corrected chi connectivity index (χ3v) is 5.40. The molecular formula is C25H33NO4. The number of carbonyl (C=O) groups excluding carboxylic acids is 1. The molecule has 0 bridgehead atoms. The highest BCUT2D eigenvalue weighted by molar-refractivity contribution is 5.81. The Kier molecular flexibility index (Phi) is 6.02. The fraction of sp³-hybridized carbons (Fsp3) is 0.480. The lowest BCUT2D eigenvalue weighted by molar-refractivity contribution is -0.128. The first-order valence-corrected chi connectivity index (χ1v) is 10.4. The van der Waals surface area contributed by atoms with Crippen molar-refractivity contribution in [2.75, 3.05) is 7.11 Å². The van der Waals surface area contributed by atoms with Gasteiger partial charge in [0.15, 0.2) is 6.10 Å². The molecule has 2 atom stereocenters. The second-order valence-electron chi connectivity index (χ2n) is 9.57. The van der Waals surface area contributed by atoms with Crippen molar-refractivity contribution in [1.82, 2.24) is 5.32 Å². The number of fused-ring (bicyclic) bond motifs is 1. The van der Waals surface area contributed by atoms with Crippen molar-refractivity contribution in [3.05, 3.63) is 53.6 Å². The Balaban J connectivity index is 1.70. The van der Waals surface area contributed by atoms with Crippen molar-refractivity contribution in [1.29, 1.82) is 0 Å². The third kappa shape index (κ3) is 5.07. The Hall–Kier alpha value is -2.69. The van der Waals surface area contributed by atoms with Crippen LogP contribution in [0.25, 0.3) is 0 Å². The minimum absolute atomic E-state index is 0.0768. The maximum absolute atomic E-state index is 12.9. The minimum atomic E-state index is -0.613. The van der Waals surface area contributed by atoms with E-state index >= 15 is 0 Å². The smallest absolute Gasteiger partial charge is 0.261 e. The number of carbonyl (C=O) groups is 1. The van der Waals surface area contributed by atoms with E-state index in [1.165, 1.54) is 5.56 Å². The van der Waals surface area contributed by atoms with E-state index in [4.69, 9.17) is 14.2 Å². The highest BCUT2D eigenvalue weighted by Gasteiger charge is 2.35. The van der Waals surface area contributed by atoms with Crippen molar-refractivity contribution in [3.63, 3.8) is 0 Å². The van der Waals surface area contributed by atoms with Crippen LogP contribution in [-0.2, 0) is 10.2 Å². The quantitative estimate of drug-likeness (QED) is 0.737. The molecule has 1 N–H and O–H groups in total. The monoisotopic (exact) mass is 411 g/mol. The van der Waals surface area contributed by atoms with Gasteiger partial charge in [-0.25, -0.2) is 0 Å². The number of nitrogens with one attached hydrogen (secondary N) is 1. The highest BCUT2D eigenvalue weighted by Crippen LogP contribution is 2.41. The van der Waals surface area contributed by atoms with E-state index < -0.39 is 11.7 Å². The molecule has 2 aromatic carbocycles. The zero-order chi connectivity index (χ0) is 22.1. The van der Waals surface area contributed by atoms with Crippen LogP contribution >= 0.6 is 0 Å². The lowest BCUT2D eigenvalue weighted by Crippen LogP contribution is -2.44. The molecule has 1 amide bonds. The normalized spacial score (nSPS) is 18.6. The SMILES string of the molecule is COc1ccc2c(c1)OC(C)(C)C[C@@H]2NC(=O)[C@H](C)Oc1ccc(C(C)(C)C)cc1. The molecule has 0 saturated heterocycles.